The van der Waals surface area contributed by atoms with E-state index in [9.17, 15) is 0 Å². The highest BCUT2D eigenvalue weighted by Gasteiger charge is 2.17. The molecule has 2 aromatic heterocycles. The lowest BCUT2D eigenvalue weighted by atomic mass is 10.1. The normalized spacial score (nSPS) is 20.6. The van der Waals surface area contributed by atoms with Crippen molar-refractivity contribution in [1.29, 1.82) is 0 Å². The van der Waals surface area contributed by atoms with Crippen LogP contribution < -0.4 is 10.1 Å². The van der Waals surface area contributed by atoms with E-state index >= 15 is 0 Å². The number of nitrogens with one attached hydrogen (secondary N) is 1. The molecule has 0 aliphatic carbocycles. The number of ether oxygens (including phenoxy) is 1. The van der Waals surface area contributed by atoms with Gasteiger partial charge in [-0.1, -0.05) is 0 Å². The quantitative estimate of drug-likeness (QED) is 0.821. The Bertz CT molecular complexity index is 518. The summed E-state index contributed by atoms with van der Waals surface area (Å²) in [6.07, 6.45) is 5.94. The molecule has 0 saturated carbocycles. The summed E-state index contributed by atoms with van der Waals surface area (Å²) >= 11 is 0. The number of aryl methyl sites for hydroxylation is 1. The first-order valence-corrected chi connectivity index (χ1v) is 5.88. The highest BCUT2D eigenvalue weighted by Crippen LogP contribution is 2.18. The van der Waals surface area contributed by atoms with Crippen LogP contribution in [0.25, 0.3) is 5.65 Å². The monoisotopic (exact) mass is 233 g/mol. The summed E-state index contributed by atoms with van der Waals surface area (Å²) in [5, 5.41) is 11.4. The maximum absolute atomic E-state index is 5.88. The number of rotatable bonds is 2. The summed E-state index contributed by atoms with van der Waals surface area (Å²) in [6, 6.07) is 0. The van der Waals surface area contributed by atoms with Crippen molar-refractivity contribution in [3.05, 3.63) is 18.2 Å². The third-order valence-corrected chi connectivity index (χ3v) is 3.00. The average molecular weight is 233 g/mol. The second kappa shape index (κ2) is 4.29. The molecule has 0 bridgehead atoms. The molecular formula is C11H15N5O. The van der Waals surface area contributed by atoms with Gasteiger partial charge in [-0.3, -0.25) is 4.40 Å². The van der Waals surface area contributed by atoms with Gasteiger partial charge in [0.25, 0.3) is 5.88 Å². The first-order valence-electron chi connectivity index (χ1n) is 5.88. The standard InChI is InChI=1S/C11H15N5O/c1-8-14-15-10-11(13-5-6-16(8)10)17-9-3-2-4-12-7-9/h5-6,9,12H,2-4,7H2,1H3. The molecule has 1 fully saturated rings. The van der Waals surface area contributed by atoms with Crippen LogP contribution in [0, 0.1) is 6.92 Å². The van der Waals surface area contributed by atoms with Gasteiger partial charge in [0.1, 0.15) is 11.9 Å². The maximum Gasteiger partial charge on any atom is 0.260 e. The molecule has 1 saturated heterocycles. The molecule has 90 valence electrons. The van der Waals surface area contributed by atoms with Crippen LogP contribution in [0.15, 0.2) is 12.4 Å². The molecular weight excluding hydrogens is 218 g/mol. The van der Waals surface area contributed by atoms with E-state index in [2.05, 4.69) is 20.5 Å². The van der Waals surface area contributed by atoms with E-state index in [0.29, 0.717) is 11.5 Å². The van der Waals surface area contributed by atoms with Gasteiger partial charge >= 0.3 is 0 Å². The lowest BCUT2D eigenvalue weighted by Crippen LogP contribution is -2.37. The fourth-order valence-electron chi connectivity index (χ4n) is 2.08. The van der Waals surface area contributed by atoms with Gasteiger partial charge in [0.05, 0.1) is 0 Å². The molecule has 1 unspecified atom stereocenters. The molecule has 1 N–H and O–H groups in total. The summed E-state index contributed by atoms with van der Waals surface area (Å²) in [4.78, 5) is 4.24. The van der Waals surface area contributed by atoms with Gasteiger partial charge in [0, 0.05) is 18.9 Å². The second-order valence-corrected chi connectivity index (χ2v) is 4.26. The fraction of sp³-hybridized carbons (Fsp3) is 0.545. The topological polar surface area (TPSA) is 64.3 Å². The Balaban J connectivity index is 1.89. The molecule has 0 amide bonds. The SMILES string of the molecule is Cc1nnc2c(OC3CCCNC3)nccn12. The smallest absolute Gasteiger partial charge is 0.260 e. The first kappa shape index (κ1) is 10.5. The van der Waals surface area contributed by atoms with E-state index in [-0.39, 0.29) is 6.10 Å². The van der Waals surface area contributed by atoms with Crippen molar-refractivity contribution >= 4 is 5.65 Å². The average Bonchev–Trinajstić information content (AvgIpc) is 2.74. The van der Waals surface area contributed by atoms with Gasteiger partial charge in [-0.2, -0.15) is 0 Å². The summed E-state index contributed by atoms with van der Waals surface area (Å²) in [5.74, 6) is 1.41. The molecule has 1 atom stereocenters. The summed E-state index contributed by atoms with van der Waals surface area (Å²) < 4.78 is 7.77. The Morgan fingerprint density at radius 2 is 2.41 bits per heavy atom. The number of aromatic nitrogens is 4. The molecule has 6 nitrogen and oxygen atoms in total. The number of hydrogen-bond acceptors (Lipinski definition) is 5. The number of piperidine rings is 1. The lowest BCUT2D eigenvalue weighted by Gasteiger charge is -2.23. The van der Waals surface area contributed by atoms with Crippen molar-refractivity contribution in [2.75, 3.05) is 13.1 Å². The van der Waals surface area contributed by atoms with Crippen LogP contribution >= 0.6 is 0 Å². The number of nitrogens with zero attached hydrogens (tertiary/aromatic N) is 4. The molecule has 3 heterocycles. The lowest BCUT2D eigenvalue weighted by molar-refractivity contribution is 0.162. The zero-order chi connectivity index (χ0) is 11.7. The van der Waals surface area contributed by atoms with Crippen molar-refractivity contribution in [3.8, 4) is 5.88 Å². The molecule has 0 aromatic carbocycles. The minimum absolute atomic E-state index is 0.180. The van der Waals surface area contributed by atoms with Crippen LogP contribution in [0.4, 0.5) is 0 Å². The molecule has 0 radical (unpaired) electrons. The van der Waals surface area contributed by atoms with Crippen LogP contribution in [0.3, 0.4) is 0 Å². The molecule has 1 aliphatic rings. The third kappa shape index (κ3) is 1.95. The van der Waals surface area contributed by atoms with Crippen molar-refractivity contribution < 1.29 is 4.74 Å². The minimum atomic E-state index is 0.180. The van der Waals surface area contributed by atoms with E-state index in [1.807, 2.05) is 17.5 Å². The van der Waals surface area contributed by atoms with E-state index in [4.69, 9.17) is 4.74 Å². The van der Waals surface area contributed by atoms with Crippen LogP contribution in [-0.4, -0.2) is 38.8 Å². The Kier molecular flexibility index (Phi) is 2.64. The highest BCUT2D eigenvalue weighted by molar-refractivity contribution is 5.48. The van der Waals surface area contributed by atoms with Gasteiger partial charge < -0.3 is 10.1 Å². The van der Waals surface area contributed by atoms with Crippen LogP contribution in [0.2, 0.25) is 0 Å². The first-order chi connectivity index (χ1) is 8.34. The van der Waals surface area contributed by atoms with E-state index in [1.54, 1.807) is 6.20 Å². The Morgan fingerprint density at radius 3 is 3.24 bits per heavy atom. The Morgan fingerprint density at radius 1 is 1.47 bits per heavy atom. The van der Waals surface area contributed by atoms with Gasteiger partial charge in [0.15, 0.2) is 0 Å². The molecule has 0 spiro atoms. The van der Waals surface area contributed by atoms with Gasteiger partial charge in [-0.15, -0.1) is 10.2 Å². The van der Waals surface area contributed by atoms with Gasteiger partial charge in [-0.05, 0) is 26.3 Å². The third-order valence-electron chi connectivity index (χ3n) is 3.00. The van der Waals surface area contributed by atoms with E-state index in [1.165, 1.54) is 0 Å². The Hall–Kier alpha value is -1.69. The maximum atomic E-state index is 5.88. The zero-order valence-electron chi connectivity index (χ0n) is 9.76. The molecule has 6 heteroatoms. The molecule has 2 aromatic rings. The minimum Gasteiger partial charge on any atom is -0.470 e. The van der Waals surface area contributed by atoms with Gasteiger partial charge in [0.2, 0.25) is 5.65 Å². The number of hydrogen-bond donors (Lipinski definition) is 1. The van der Waals surface area contributed by atoms with Gasteiger partial charge in [-0.25, -0.2) is 4.98 Å². The van der Waals surface area contributed by atoms with Crippen molar-refractivity contribution in [1.82, 2.24) is 24.9 Å². The Labute approximate surface area is 99.0 Å². The van der Waals surface area contributed by atoms with Crippen LogP contribution in [-0.2, 0) is 0 Å². The summed E-state index contributed by atoms with van der Waals surface area (Å²) in [7, 11) is 0. The molecule has 17 heavy (non-hydrogen) atoms. The number of fused-ring (bicyclic) bond motifs is 1. The van der Waals surface area contributed by atoms with E-state index in [0.717, 1.165) is 31.8 Å². The summed E-state index contributed by atoms with van der Waals surface area (Å²) in [5.41, 5.74) is 0.690. The summed E-state index contributed by atoms with van der Waals surface area (Å²) in [6.45, 7) is 3.85. The zero-order valence-corrected chi connectivity index (χ0v) is 9.76. The van der Waals surface area contributed by atoms with Crippen molar-refractivity contribution in [3.63, 3.8) is 0 Å². The highest BCUT2D eigenvalue weighted by atomic mass is 16.5. The largest absolute Gasteiger partial charge is 0.470 e. The van der Waals surface area contributed by atoms with Crippen molar-refractivity contribution in [2.45, 2.75) is 25.9 Å². The van der Waals surface area contributed by atoms with E-state index < -0.39 is 0 Å². The second-order valence-electron chi connectivity index (χ2n) is 4.26. The fourth-order valence-corrected chi connectivity index (χ4v) is 2.08. The predicted octanol–water partition coefficient (Wildman–Crippen LogP) is 0.564. The van der Waals surface area contributed by atoms with Crippen molar-refractivity contribution in [2.24, 2.45) is 0 Å². The van der Waals surface area contributed by atoms with Crippen LogP contribution in [0.5, 0.6) is 5.88 Å². The van der Waals surface area contributed by atoms with Crippen LogP contribution in [0.1, 0.15) is 18.7 Å². The predicted molar refractivity (Wildman–Crippen MR) is 62.0 cm³/mol. The molecule has 3 rings (SSSR count). The molecule has 1 aliphatic heterocycles.